The number of aromatic nitrogens is 4. The molecular formula is C19H23N5O2S. The third-order valence-electron chi connectivity index (χ3n) is 5.61. The molecule has 0 saturated heterocycles. The van der Waals surface area contributed by atoms with E-state index in [9.17, 15) is 9.59 Å². The molecular weight excluding hydrogens is 362 g/mol. The van der Waals surface area contributed by atoms with E-state index in [1.54, 1.807) is 17.4 Å². The van der Waals surface area contributed by atoms with Gasteiger partial charge in [-0.3, -0.25) is 9.59 Å². The number of thiophene rings is 1. The second-order valence-electron chi connectivity index (χ2n) is 7.37. The molecule has 3 unspecified atom stereocenters. The first-order valence-electron chi connectivity index (χ1n) is 9.31. The van der Waals surface area contributed by atoms with Crippen LogP contribution in [0.25, 0.3) is 16.1 Å². The van der Waals surface area contributed by atoms with Crippen molar-refractivity contribution in [2.45, 2.75) is 45.7 Å². The molecule has 1 N–H and O–H groups in total. The summed E-state index contributed by atoms with van der Waals surface area (Å²) in [5.74, 6) is 0.875. The highest BCUT2D eigenvalue weighted by molar-refractivity contribution is 7.13. The van der Waals surface area contributed by atoms with Crippen molar-refractivity contribution >= 4 is 22.8 Å². The van der Waals surface area contributed by atoms with Gasteiger partial charge in [0.05, 0.1) is 4.88 Å². The van der Waals surface area contributed by atoms with Crippen LogP contribution < -0.4 is 10.9 Å². The van der Waals surface area contributed by atoms with Gasteiger partial charge in [-0.05, 0) is 35.8 Å². The van der Waals surface area contributed by atoms with Gasteiger partial charge in [-0.15, -0.1) is 11.3 Å². The van der Waals surface area contributed by atoms with E-state index in [2.05, 4.69) is 29.4 Å². The zero-order valence-corrected chi connectivity index (χ0v) is 16.3. The number of nitrogens with zero attached hydrogens (tertiary/aromatic N) is 4. The highest BCUT2D eigenvalue weighted by Gasteiger charge is 2.28. The predicted molar refractivity (Wildman–Crippen MR) is 105 cm³/mol. The molecule has 0 spiro atoms. The maximum absolute atomic E-state index is 12.7. The quantitative estimate of drug-likeness (QED) is 0.748. The highest BCUT2D eigenvalue weighted by atomic mass is 32.1. The number of carbonyl (C=O) groups is 1. The first-order valence-corrected chi connectivity index (χ1v) is 10.2. The largest absolute Gasteiger partial charge is 0.351 e. The highest BCUT2D eigenvalue weighted by Crippen LogP contribution is 2.29. The van der Waals surface area contributed by atoms with Crippen LogP contribution in [-0.4, -0.2) is 31.3 Å². The average molecular weight is 385 g/mol. The second kappa shape index (κ2) is 7.26. The molecule has 1 amide bonds. The van der Waals surface area contributed by atoms with Gasteiger partial charge in [0, 0.05) is 6.04 Å². The van der Waals surface area contributed by atoms with E-state index < -0.39 is 0 Å². The van der Waals surface area contributed by atoms with Crippen molar-refractivity contribution in [3.8, 4) is 10.6 Å². The molecule has 8 heteroatoms. The Morgan fingerprint density at radius 3 is 3.00 bits per heavy atom. The standard InChI is InChI=1S/C19H23N5O2S/c1-12-5-3-6-14(13(12)2)21-18(25)10-23-19(26)16-9-15(17-7-4-8-27-17)22-24(16)11-20-23/h4,7-9,11-14H,3,5-6,10H2,1-2H3,(H,21,25). The summed E-state index contributed by atoms with van der Waals surface area (Å²) in [6.07, 6.45) is 4.80. The minimum absolute atomic E-state index is 0.0769. The number of nitrogens with one attached hydrogen (secondary N) is 1. The van der Waals surface area contributed by atoms with Gasteiger partial charge in [0.25, 0.3) is 5.56 Å². The zero-order chi connectivity index (χ0) is 19.0. The van der Waals surface area contributed by atoms with Gasteiger partial charge in [-0.25, -0.2) is 9.20 Å². The Bertz CT molecular complexity index is 1010. The Hall–Kier alpha value is -2.48. The Morgan fingerprint density at radius 2 is 2.22 bits per heavy atom. The van der Waals surface area contributed by atoms with Crippen LogP contribution in [0.4, 0.5) is 0 Å². The van der Waals surface area contributed by atoms with E-state index in [0.29, 0.717) is 17.4 Å². The minimum atomic E-state index is -0.312. The SMILES string of the molecule is CC1CCCC(NC(=O)Cn2ncn3nc(-c4cccs4)cc3c2=O)C1C. The molecule has 0 aromatic carbocycles. The second-order valence-corrected chi connectivity index (χ2v) is 8.32. The number of carbonyl (C=O) groups excluding carboxylic acids is 1. The fourth-order valence-corrected chi connectivity index (χ4v) is 4.45. The lowest BCUT2D eigenvalue weighted by atomic mass is 9.78. The first kappa shape index (κ1) is 17.9. The summed E-state index contributed by atoms with van der Waals surface area (Å²) in [5.41, 5.74) is 0.838. The fraction of sp³-hybridized carbons (Fsp3) is 0.474. The number of hydrogen-bond donors (Lipinski definition) is 1. The van der Waals surface area contributed by atoms with E-state index in [-0.39, 0.29) is 24.1 Å². The van der Waals surface area contributed by atoms with Gasteiger partial charge in [-0.1, -0.05) is 32.8 Å². The lowest BCUT2D eigenvalue weighted by molar-refractivity contribution is -0.123. The van der Waals surface area contributed by atoms with Crippen LogP contribution in [0.5, 0.6) is 0 Å². The van der Waals surface area contributed by atoms with Crippen LogP contribution in [0.2, 0.25) is 0 Å². The molecule has 1 fully saturated rings. The van der Waals surface area contributed by atoms with E-state index in [1.165, 1.54) is 21.9 Å². The van der Waals surface area contributed by atoms with E-state index >= 15 is 0 Å². The van der Waals surface area contributed by atoms with Crippen LogP contribution in [0.1, 0.15) is 33.1 Å². The Morgan fingerprint density at radius 1 is 1.37 bits per heavy atom. The first-order chi connectivity index (χ1) is 13.0. The van der Waals surface area contributed by atoms with Gasteiger partial charge in [0.15, 0.2) is 0 Å². The van der Waals surface area contributed by atoms with Crippen LogP contribution in [0, 0.1) is 11.8 Å². The summed E-state index contributed by atoms with van der Waals surface area (Å²) in [6.45, 7) is 4.34. The summed E-state index contributed by atoms with van der Waals surface area (Å²) in [5, 5.41) is 13.6. The lowest BCUT2D eigenvalue weighted by Gasteiger charge is -2.34. The Labute approximate surface area is 161 Å². The number of rotatable bonds is 4. The van der Waals surface area contributed by atoms with Gasteiger partial charge >= 0.3 is 0 Å². The van der Waals surface area contributed by atoms with Gasteiger partial charge in [0.1, 0.15) is 24.1 Å². The molecule has 1 aliphatic rings. The average Bonchev–Trinajstić information content (AvgIpc) is 3.31. The van der Waals surface area contributed by atoms with Crippen molar-refractivity contribution in [2.75, 3.05) is 0 Å². The Kier molecular flexibility index (Phi) is 4.82. The van der Waals surface area contributed by atoms with Crippen molar-refractivity contribution < 1.29 is 4.79 Å². The molecule has 1 saturated carbocycles. The third kappa shape index (κ3) is 3.53. The molecule has 27 heavy (non-hydrogen) atoms. The molecule has 3 atom stereocenters. The van der Waals surface area contributed by atoms with Crippen molar-refractivity contribution in [3.63, 3.8) is 0 Å². The summed E-state index contributed by atoms with van der Waals surface area (Å²) < 4.78 is 2.68. The molecule has 0 aliphatic heterocycles. The third-order valence-corrected chi connectivity index (χ3v) is 6.50. The molecule has 0 bridgehead atoms. The molecule has 0 radical (unpaired) electrons. The molecule has 7 nitrogen and oxygen atoms in total. The fourth-order valence-electron chi connectivity index (χ4n) is 3.77. The van der Waals surface area contributed by atoms with Crippen molar-refractivity contribution in [3.05, 3.63) is 40.3 Å². The van der Waals surface area contributed by atoms with Gasteiger partial charge in [-0.2, -0.15) is 10.2 Å². The molecule has 3 aromatic heterocycles. The minimum Gasteiger partial charge on any atom is -0.351 e. The molecule has 3 aromatic rings. The number of hydrogen-bond acceptors (Lipinski definition) is 5. The Balaban J connectivity index is 1.52. The lowest BCUT2D eigenvalue weighted by Crippen LogP contribution is -2.45. The van der Waals surface area contributed by atoms with Gasteiger partial charge in [0.2, 0.25) is 5.91 Å². The van der Waals surface area contributed by atoms with Crippen molar-refractivity contribution in [2.24, 2.45) is 11.8 Å². The van der Waals surface area contributed by atoms with E-state index in [0.717, 1.165) is 23.4 Å². The van der Waals surface area contributed by atoms with Crippen molar-refractivity contribution in [1.29, 1.82) is 0 Å². The molecule has 3 heterocycles. The molecule has 4 rings (SSSR count). The molecule has 142 valence electrons. The monoisotopic (exact) mass is 385 g/mol. The number of amides is 1. The predicted octanol–water partition coefficient (Wildman–Crippen LogP) is 2.56. The van der Waals surface area contributed by atoms with Crippen LogP contribution >= 0.6 is 11.3 Å². The topological polar surface area (TPSA) is 81.3 Å². The summed E-state index contributed by atoms with van der Waals surface area (Å²) in [7, 11) is 0. The number of fused-ring (bicyclic) bond motifs is 1. The zero-order valence-electron chi connectivity index (χ0n) is 15.5. The summed E-state index contributed by atoms with van der Waals surface area (Å²) in [4.78, 5) is 26.2. The van der Waals surface area contributed by atoms with E-state index in [1.807, 2.05) is 17.5 Å². The van der Waals surface area contributed by atoms with Crippen LogP contribution in [0.3, 0.4) is 0 Å². The maximum atomic E-state index is 12.7. The van der Waals surface area contributed by atoms with Gasteiger partial charge < -0.3 is 5.32 Å². The van der Waals surface area contributed by atoms with Crippen LogP contribution in [0.15, 0.2) is 34.7 Å². The summed E-state index contributed by atoms with van der Waals surface area (Å²) >= 11 is 1.56. The molecule has 1 aliphatic carbocycles. The van der Waals surface area contributed by atoms with Crippen molar-refractivity contribution in [1.82, 2.24) is 24.7 Å². The van der Waals surface area contributed by atoms with Crippen LogP contribution in [-0.2, 0) is 11.3 Å². The smallest absolute Gasteiger partial charge is 0.293 e. The normalized spacial score (nSPS) is 22.8. The summed E-state index contributed by atoms with van der Waals surface area (Å²) in [6, 6.07) is 5.81. The maximum Gasteiger partial charge on any atom is 0.293 e. The van der Waals surface area contributed by atoms with E-state index in [4.69, 9.17) is 0 Å².